The lowest BCUT2D eigenvalue weighted by atomic mass is 10.1. The lowest BCUT2D eigenvalue weighted by Crippen LogP contribution is -2.40. The fraction of sp³-hybridized carbons (Fsp3) is 0.333. The van der Waals surface area contributed by atoms with Crippen LogP contribution in [0.15, 0.2) is 24.4 Å². The van der Waals surface area contributed by atoms with Crippen LogP contribution in [-0.4, -0.2) is 21.9 Å². The molecule has 1 heterocycles. The lowest BCUT2D eigenvalue weighted by Gasteiger charge is -2.20. The Morgan fingerprint density at radius 3 is 2.45 bits per heavy atom. The van der Waals surface area contributed by atoms with E-state index in [1.54, 1.807) is 24.4 Å². The smallest absolute Gasteiger partial charge is 0.253 e. The van der Waals surface area contributed by atoms with Crippen molar-refractivity contribution in [3.63, 3.8) is 0 Å². The first kappa shape index (κ1) is 14.6. The topological polar surface area (TPSA) is 51.1 Å². The molecule has 5 heteroatoms. The van der Waals surface area contributed by atoms with Gasteiger partial charge in [0.15, 0.2) is 0 Å². The molecule has 0 saturated heterocycles. The molecule has 4 nitrogen and oxygen atoms in total. The standard InChI is InChI=1S/C15H17ClN2O2/c1-9(19)18-8-12(14(20)17-15(2,3)4)11-6-5-10(16)7-13(11)18/h5-8H,1-4H3,(H,17,20). The van der Waals surface area contributed by atoms with E-state index in [1.165, 1.54) is 11.5 Å². The Hall–Kier alpha value is -1.81. The highest BCUT2D eigenvalue weighted by molar-refractivity contribution is 6.31. The third-order valence-corrected chi connectivity index (χ3v) is 3.08. The zero-order chi connectivity index (χ0) is 15.1. The van der Waals surface area contributed by atoms with Crippen molar-refractivity contribution in [2.75, 3.05) is 0 Å². The number of aromatic nitrogens is 1. The van der Waals surface area contributed by atoms with Crippen LogP contribution in [0.3, 0.4) is 0 Å². The molecule has 2 rings (SSSR count). The van der Waals surface area contributed by atoms with E-state index in [-0.39, 0.29) is 17.4 Å². The molecule has 0 fully saturated rings. The number of nitrogens with one attached hydrogen (secondary N) is 1. The number of benzene rings is 1. The molecule has 106 valence electrons. The number of carbonyl (C=O) groups is 2. The maximum atomic E-state index is 12.3. The Labute approximate surface area is 122 Å². The fourth-order valence-electron chi connectivity index (χ4n) is 2.05. The van der Waals surface area contributed by atoms with E-state index in [4.69, 9.17) is 11.6 Å². The van der Waals surface area contributed by atoms with E-state index in [9.17, 15) is 9.59 Å². The van der Waals surface area contributed by atoms with Crippen molar-refractivity contribution < 1.29 is 9.59 Å². The van der Waals surface area contributed by atoms with Gasteiger partial charge in [-0.25, -0.2) is 0 Å². The summed E-state index contributed by atoms with van der Waals surface area (Å²) in [6.07, 6.45) is 1.56. The van der Waals surface area contributed by atoms with Crippen molar-refractivity contribution in [3.05, 3.63) is 35.0 Å². The molecule has 1 amide bonds. The van der Waals surface area contributed by atoms with Crippen LogP contribution in [0.1, 0.15) is 42.8 Å². The summed E-state index contributed by atoms with van der Waals surface area (Å²) < 4.78 is 1.44. The van der Waals surface area contributed by atoms with Crippen LogP contribution in [0.2, 0.25) is 5.02 Å². The van der Waals surface area contributed by atoms with Crippen LogP contribution in [0, 0.1) is 0 Å². The molecule has 2 aromatic rings. The van der Waals surface area contributed by atoms with Gasteiger partial charge in [-0.3, -0.25) is 14.2 Å². The van der Waals surface area contributed by atoms with Crippen LogP contribution in [-0.2, 0) is 0 Å². The molecule has 0 atom stereocenters. The molecule has 1 aromatic carbocycles. The van der Waals surface area contributed by atoms with Crippen molar-refractivity contribution in [3.8, 4) is 0 Å². The molecule has 20 heavy (non-hydrogen) atoms. The Bertz CT molecular complexity index is 696. The van der Waals surface area contributed by atoms with Gasteiger partial charge in [0.1, 0.15) is 0 Å². The van der Waals surface area contributed by atoms with Crippen molar-refractivity contribution in [2.45, 2.75) is 33.2 Å². The predicted octanol–water partition coefficient (Wildman–Crippen LogP) is 3.48. The predicted molar refractivity (Wildman–Crippen MR) is 80.5 cm³/mol. The average molecular weight is 293 g/mol. The summed E-state index contributed by atoms with van der Waals surface area (Å²) in [5.41, 5.74) is 0.777. The molecular weight excluding hydrogens is 276 g/mol. The number of nitrogens with zero attached hydrogens (tertiary/aromatic N) is 1. The molecule has 0 unspecified atom stereocenters. The molecule has 0 bridgehead atoms. The first-order valence-electron chi connectivity index (χ1n) is 6.33. The van der Waals surface area contributed by atoms with Crippen LogP contribution < -0.4 is 5.32 Å². The summed E-state index contributed by atoms with van der Waals surface area (Å²) in [5, 5.41) is 4.14. The van der Waals surface area contributed by atoms with Gasteiger partial charge in [0.2, 0.25) is 5.91 Å². The summed E-state index contributed by atoms with van der Waals surface area (Å²) in [7, 11) is 0. The van der Waals surface area contributed by atoms with E-state index >= 15 is 0 Å². The van der Waals surface area contributed by atoms with Crippen LogP contribution in [0.5, 0.6) is 0 Å². The maximum absolute atomic E-state index is 12.3. The lowest BCUT2D eigenvalue weighted by molar-refractivity contribution is 0.0921. The zero-order valence-corrected chi connectivity index (χ0v) is 12.7. The number of hydrogen-bond acceptors (Lipinski definition) is 2. The Balaban J connectivity index is 2.60. The normalized spacial score (nSPS) is 11.7. The fourth-order valence-corrected chi connectivity index (χ4v) is 2.22. The van der Waals surface area contributed by atoms with Gasteiger partial charge in [0.25, 0.3) is 5.91 Å². The van der Waals surface area contributed by atoms with E-state index in [1.807, 2.05) is 20.8 Å². The summed E-state index contributed by atoms with van der Waals surface area (Å²) in [6.45, 7) is 7.18. The van der Waals surface area contributed by atoms with Crippen molar-refractivity contribution >= 4 is 34.3 Å². The zero-order valence-electron chi connectivity index (χ0n) is 12.0. The van der Waals surface area contributed by atoms with Gasteiger partial charge in [0, 0.05) is 29.1 Å². The van der Waals surface area contributed by atoms with Gasteiger partial charge in [0.05, 0.1) is 11.1 Å². The molecule has 0 spiro atoms. The second-order valence-corrected chi connectivity index (χ2v) is 6.23. The number of carbonyl (C=O) groups excluding carboxylic acids is 2. The van der Waals surface area contributed by atoms with Crippen LogP contribution >= 0.6 is 11.6 Å². The number of rotatable bonds is 1. The molecular formula is C15H17ClN2O2. The van der Waals surface area contributed by atoms with E-state index < -0.39 is 0 Å². The second-order valence-electron chi connectivity index (χ2n) is 5.80. The van der Waals surface area contributed by atoms with E-state index in [0.717, 1.165) is 0 Å². The van der Waals surface area contributed by atoms with E-state index in [0.29, 0.717) is 21.5 Å². The third-order valence-electron chi connectivity index (χ3n) is 2.84. The number of amides is 1. The van der Waals surface area contributed by atoms with Crippen LogP contribution in [0.25, 0.3) is 10.9 Å². The average Bonchev–Trinajstić information content (AvgIpc) is 2.65. The SMILES string of the molecule is CC(=O)n1cc(C(=O)NC(C)(C)C)c2ccc(Cl)cc21. The molecule has 0 saturated carbocycles. The monoisotopic (exact) mass is 292 g/mol. The number of halogens is 1. The van der Waals surface area contributed by atoms with Gasteiger partial charge >= 0.3 is 0 Å². The highest BCUT2D eigenvalue weighted by Crippen LogP contribution is 2.25. The maximum Gasteiger partial charge on any atom is 0.253 e. The third kappa shape index (κ3) is 2.85. The van der Waals surface area contributed by atoms with Gasteiger partial charge in [-0.1, -0.05) is 17.7 Å². The summed E-state index contributed by atoms with van der Waals surface area (Å²) in [5.74, 6) is -0.364. The first-order valence-corrected chi connectivity index (χ1v) is 6.71. The van der Waals surface area contributed by atoms with Gasteiger partial charge in [-0.15, -0.1) is 0 Å². The van der Waals surface area contributed by atoms with Gasteiger partial charge in [-0.2, -0.15) is 0 Å². The minimum Gasteiger partial charge on any atom is -0.347 e. The number of fused-ring (bicyclic) bond motifs is 1. The highest BCUT2D eigenvalue weighted by Gasteiger charge is 2.20. The Kier molecular flexibility index (Phi) is 3.61. The Morgan fingerprint density at radius 1 is 1.25 bits per heavy atom. The molecule has 1 N–H and O–H groups in total. The van der Waals surface area contributed by atoms with Crippen LogP contribution in [0.4, 0.5) is 0 Å². The molecule has 0 radical (unpaired) electrons. The first-order chi connectivity index (χ1) is 9.19. The van der Waals surface area contributed by atoms with Crippen molar-refractivity contribution in [1.29, 1.82) is 0 Å². The second kappa shape index (κ2) is 4.94. The van der Waals surface area contributed by atoms with Crippen molar-refractivity contribution in [1.82, 2.24) is 9.88 Å². The minimum atomic E-state index is -0.339. The summed E-state index contributed by atoms with van der Waals surface area (Å²) in [4.78, 5) is 24.0. The number of hydrogen-bond donors (Lipinski definition) is 1. The highest BCUT2D eigenvalue weighted by atomic mass is 35.5. The molecule has 1 aromatic heterocycles. The van der Waals surface area contributed by atoms with Gasteiger partial charge < -0.3 is 5.32 Å². The summed E-state index contributed by atoms with van der Waals surface area (Å²) >= 11 is 5.97. The van der Waals surface area contributed by atoms with Gasteiger partial charge in [-0.05, 0) is 32.9 Å². The molecule has 0 aliphatic heterocycles. The minimum absolute atomic E-state index is 0.160. The van der Waals surface area contributed by atoms with Crippen molar-refractivity contribution in [2.24, 2.45) is 0 Å². The van der Waals surface area contributed by atoms with E-state index in [2.05, 4.69) is 5.32 Å². The quantitative estimate of drug-likeness (QED) is 0.875. The summed E-state index contributed by atoms with van der Waals surface area (Å²) in [6, 6.07) is 5.16. The Morgan fingerprint density at radius 2 is 1.90 bits per heavy atom. The molecule has 0 aliphatic carbocycles. The largest absolute Gasteiger partial charge is 0.347 e. The molecule has 0 aliphatic rings.